The molecule has 0 spiro atoms. The second-order valence-electron chi connectivity index (χ2n) is 5.09. The summed E-state index contributed by atoms with van der Waals surface area (Å²) in [5.74, 6) is 0. The molecule has 1 aliphatic heterocycles. The number of amides is 1. The summed E-state index contributed by atoms with van der Waals surface area (Å²) in [7, 11) is 1.42. The Morgan fingerprint density at radius 3 is 3.10 bits per heavy atom. The number of ether oxygens (including phenoxy) is 1. The number of rotatable bonds is 2. The standard InChI is InChI=1S/C16H18N2O2/c1-20-16(19)18-8-4-5-12(11-18)9-13-10-17-15-7-3-2-6-14(13)15/h2-3,6-7,10-11,17H,4-5,8-9H2,1H3. The summed E-state index contributed by atoms with van der Waals surface area (Å²) in [5, 5.41) is 1.25. The Hall–Kier alpha value is -2.23. The van der Waals surface area contributed by atoms with Gasteiger partial charge in [0.1, 0.15) is 0 Å². The third-order valence-corrected chi connectivity index (χ3v) is 3.74. The van der Waals surface area contributed by atoms with Crippen molar-refractivity contribution in [3.05, 3.63) is 47.8 Å². The first-order valence-electron chi connectivity index (χ1n) is 6.87. The quantitative estimate of drug-likeness (QED) is 0.908. The lowest BCUT2D eigenvalue weighted by molar-refractivity contribution is 0.137. The maximum absolute atomic E-state index is 11.6. The van der Waals surface area contributed by atoms with Crippen molar-refractivity contribution in [3.63, 3.8) is 0 Å². The first-order chi connectivity index (χ1) is 9.78. The third kappa shape index (κ3) is 2.41. The maximum Gasteiger partial charge on any atom is 0.413 e. The summed E-state index contributed by atoms with van der Waals surface area (Å²) in [5.41, 5.74) is 3.70. The van der Waals surface area contributed by atoms with Gasteiger partial charge in [-0.25, -0.2) is 4.79 Å². The molecule has 0 atom stereocenters. The van der Waals surface area contributed by atoms with Crippen LogP contribution in [0.4, 0.5) is 4.79 Å². The molecule has 20 heavy (non-hydrogen) atoms. The van der Waals surface area contributed by atoms with E-state index < -0.39 is 0 Å². The van der Waals surface area contributed by atoms with Gasteiger partial charge in [0.2, 0.25) is 0 Å². The van der Waals surface area contributed by atoms with Gasteiger partial charge in [0.05, 0.1) is 7.11 Å². The predicted molar refractivity (Wildman–Crippen MR) is 78.4 cm³/mol. The van der Waals surface area contributed by atoms with Crippen LogP contribution in [-0.2, 0) is 11.2 Å². The van der Waals surface area contributed by atoms with E-state index in [4.69, 9.17) is 4.74 Å². The molecule has 2 aromatic rings. The van der Waals surface area contributed by atoms with Crippen molar-refractivity contribution in [2.45, 2.75) is 19.3 Å². The molecule has 3 rings (SSSR count). The molecule has 4 heteroatoms. The highest BCUT2D eigenvalue weighted by Crippen LogP contribution is 2.24. The Morgan fingerprint density at radius 1 is 1.40 bits per heavy atom. The number of hydrogen-bond donors (Lipinski definition) is 1. The molecule has 0 aliphatic carbocycles. The topological polar surface area (TPSA) is 45.3 Å². The number of allylic oxidation sites excluding steroid dienone is 1. The van der Waals surface area contributed by atoms with Crippen molar-refractivity contribution in [2.75, 3.05) is 13.7 Å². The molecule has 0 saturated carbocycles. The van der Waals surface area contributed by atoms with Crippen LogP contribution in [0.15, 0.2) is 42.2 Å². The summed E-state index contributed by atoms with van der Waals surface area (Å²) in [6.45, 7) is 0.740. The maximum atomic E-state index is 11.6. The molecule has 1 aliphatic rings. The molecular weight excluding hydrogens is 252 g/mol. The van der Waals surface area contributed by atoms with Crippen molar-refractivity contribution in [2.24, 2.45) is 0 Å². The van der Waals surface area contributed by atoms with Crippen LogP contribution in [0.2, 0.25) is 0 Å². The summed E-state index contributed by atoms with van der Waals surface area (Å²) in [6.07, 6.45) is 6.62. The number of H-pyrrole nitrogens is 1. The van der Waals surface area contributed by atoms with Gasteiger partial charge in [-0.2, -0.15) is 0 Å². The molecule has 0 radical (unpaired) electrons. The lowest BCUT2D eigenvalue weighted by Gasteiger charge is -2.23. The number of para-hydroxylation sites is 1. The zero-order valence-corrected chi connectivity index (χ0v) is 11.6. The Labute approximate surface area is 118 Å². The van der Waals surface area contributed by atoms with Crippen LogP contribution in [0.5, 0.6) is 0 Å². The van der Waals surface area contributed by atoms with Crippen molar-refractivity contribution < 1.29 is 9.53 Å². The first kappa shape index (κ1) is 12.8. The van der Waals surface area contributed by atoms with E-state index in [1.54, 1.807) is 4.90 Å². The Kier molecular flexibility index (Phi) is 3.46. The fourth-order valence-electron chi connectivity index (χ4n) is 2.74. The minimum Gasteiger partial charge on any atom is -0.452 e. The first-order valence-corrected chi connectivity index (χ1v) is 6.87. The van der Waals surface area contributed by atoms with Crippen LogP contribution < -0.4 is 0 Å². The van der Waals surface area contributed by atoms with Crippen LogP contribution in [-0.4, -0.2) is 29.6 Å². The monoisotopic (exact) mass is 270 g/mol. The van der Waals surface area contributed by atoms with E-state index in [9.17, 15) is 4.79 Å². The van der Waals surface area contributed by atoms with E-state index >= 15 is 0 Å². The molecule has 1 aromatic carbocycles. The van der Waals surface area contributed by atoms with Gasteiger partial charge in [-0.15, -0.1) is 0 Å². The lowest BCUT2D eigenvalue weighted by atomic mass is 9.99. The van der Waals surface area contributed by atoms with Gasteiger partial charge in [-0.3, -0.25) is 4.90 Å². The zero-order valence-electron chi connectivity index (χ0n) is 11.6. The van der Waals surface area contributed by atoms with E-state index in [1.165, 1.54) is 23.6 Å². The van der Waals surface area contributed by atoms with Crippen LogP contribution in [0.1, 0.15) is 18.4 Å². The Balaban J connectivity index is 1.83. The molecule has 0 unspecified atom stereocenters. The number of hydrogen-bond acceptors (Lipinski definition) is 2. The van der Waals surface area contributed by atoms with Crippen LogP contribution >= 0.6 is 0 Å². The largest absolute Gasteiger partial charge is 0.452 e. The van der Waals surface area contributed by atoms with Crippen LogP contribution in [0, 0.1) is 0 Å². The molecule has 104 valence electrons. The predicted octanol–water partition coefficient (Wildman–Crippen LogP) is 3.46. The molecule has 1 amide bonds. The third-order valence-electron chi connectivity index (χ3n) is 3.74. The number of aromatic amines is 1. The van der Waals surface area contributed by atoms with Gasteiger partial charge < -0.3 is 9.72 Å². The van der Waals surface area contributed by atoms with Crippen molar-refractivity contribution in [1.82, 2.24) is 9.88 Å². The van der Waals surface area contributed by atoms with Gasteiger partial charge in [0.25, 0.3) is 0 Å². The van der Waals surface area contributed by atoms with Crippen molar-refractivity contribution in [3.8, 4) is 0 Å². The normalized spacial score (nSPS) is 15.2. The summed E-state index contributed by atoms with van der Waals surface area (Å²) < 4.78 is 4.78. The fraction of sp³-hybridized carbons (Fsp3) is 0.312. The Bertz CT molecular complexity index is 657. The van der Waals surface area contributed by atoms with E-state index in [0.29, 0.717) is 0 Å². The summed E-state index contributed by atoms with van der Waals surface area (Å²) in [6, 6.07) is 8.29. The fourth-order valence-corrected chi connectivity index (χ4v) is 2.74. The molecular formula is C16H18N2O2. The number of carbonyl (C=O) groups excluding carboxylic acids is 1. The van der Waals surface area contributed by atoms with Gasteiger partial charge in [-0.05, 0) is 36.5 Å². The van der Waals surface area contributed by atoms with Crippen LogP contribution in [0.3, 0.4) is 0 Å². The van der Waals surface area contributed by atoms with E-state index in [0.717, 1.165) is 31.3 Å². The summed E-state index contributed by atoms with van der Waals surface area (Å²) in [4.78, 5) is 16.5. The lowest BCUT2D eigenvalue weighted by Crippen LogP contribution is -2.29. The van der Waals surface area contributed by atoms with Gasteiger partial charge >= 0.3 is 6.09 Å². The van der Waals surface area contributed by atoms with Gasteiger partial charge in [0, 0.05) is 29.8 Å². The number of carbonyl (C=O) groups is 1. The average molecular weight is 270 g/mol. The average Bonchev–Trinajstić information content (AvgIpc) is 2.90. The number of nitrogens with one attached hydrogen (secondary N) is 1. The van der Waals surface area contributed by atoms with Gasteiger partial charge in [0.15, 0.2) is 0 Å². The molecule has 0 bridgehead atoms. The molecule has 0 saturated heterocycles. The second kappa shape index (κ2) is 5.41. The SMILES string of the molecule is COC(=O)N1C=C(Cc2c[nH]c3ccccc23)CCC1. The highest BCUT2D eigenvalue weighted by Gasteiger charge is 2.17. The smallest absolute Gasteiger partial charge is 0.413 e. The van der Waals surface area contributed by atoms with E-state index in [1.807, 2.05) is 12.3 Å². The number of methoxy groups -OCH3 is 1. The molecule has 4 nitrogen and oxygen atoms in total. The highest BCUT2D eigenvalue weighted by molar-refractivity contribution is 5.83. The second-order valence-corrected chi connectivity index (χ2v) is 5.09. The minimum absolute atomic E-state index is 0.277. The van der Waals surface area contributed by atoms with E-state index in [-0.39, 0.29) is 6.09 Å². The van der Waals surface area contributed by atoms with Crippen LogP contribution in [0.25, 0.3) is 10.9 Å². The zero-order chi connectivity index (χ0) is 13.9. The molecule has 1 aromatic heterocycles. The highest BCUT2D eigenvalue weighted by atomic mass is 16.5. The number of benzene rings is 1. The number of aromatic nitrogens is 1. The van der Waals surface area contributed by atoms with Crippen molar-refractivity contribution in [1.29, 1.82) is 0 Å². The van der Waals surface area contributed by atoms with E-state index in [2.05, 4.69) is 29.4 Å². The number of nitrogens with zero attached hydrogens (tertiary/aromatic N) is 1. The number of fused-ring (bicyclic) bond motifs is 1. The minimum atomic E-state index is -0.277. The summed E-state index contributed by atoms with van der Waals surface area (Å²) >= 11 is 0. The van der Waals surface area contributed by atoms with Gasteiger partial charge in [-0.1, -0.05) is 18.2 Å². The van der Waals surface area contributed by atoms with Crippen molar-refractivity contribution >= 4 is 17.0 Å². The molecule has 0 fully saturated rings. The molecule has 2 heterocycles. The Morgan fingerprint density at radius 2 is 2.25 bits per heavy atom. The molecule has 1 N–H and O–H groups in total.